The second-order valence-electron chi connectivity index (χ2n) is 6.03. The molecule has 1 saturated heterocycles. The Balaban J connectivity index is 1.70. The van der Waals surface area contributed by atoms with Crippen LogP contribution in [-0.4, -0.2) is 66.8 Å². The zero-order chi connectivity index (χ0) is 15.1. The number of urea groups is 1. The number of nitrogens with one attached hydrogen (secondary N) is 3. The Hall–Kier alpha value is -1.34. The van der Waals surface area contributed by atoms with Crippen LogP contribution in [0, 0.1) is 0 Å². The van der Waals surface area contributed by atoms with Crippen molar-refractivity contribution in [2.24, 2.45) is 0 Å². The molecule has 0 aromatic heterocycles. The summed E-state index contributed by atoms with van der Waals surface area (Å²) in [5.74, 6) is -0.849. The molecule has 0 aromatic rings. The molecule has 2 rings (SSSR count). The van der Waals surface area contributed by atoms with Crippen molar-refractivity contribution in [2.45, 2.75) is 37.6 Å². The van der Waals surface area contributed by atoms with E-state index in [4.69, 9.17) is 5.11 Å². The Bertz CT molecular complexity index is 363. The standard InChI is InChI=1S/C14H26N4O3/c19-12(20)11-14(3-1-2-4-14)17-13(21)16-7-10-18-8-5-15-6-9-18/h15H,1-11H2,(H,19,20)(H2,16,17,21). The largest absolute Gasteiger partial charge is 0.481 e. The van der Waals surface area contributed by atoms with Gasteiger partial charge in [0.2, 0.25) is 0 Å². The predicted molar refractivity (Wildman–Crippen MR) is 79.3 cm³/mol. The van der Waals surface area contributed by atoms with Crippen molar-refractivity contribution >= 4 is 12.0 Å². The minimum atomic E-state index is -0.849. The van der Waals surface area contributed by atoms with Crippen LogP contribution in [-0.2, 0) is 4.79 Å². The Morgan fingerprint density at radius 1 is 1.19 bits per heavy atom. The smallest absolute Gasteiger partial charge is 0.315 e. The van der Waals surface area contributed by atoms with E-state index in [1.165, 1.54) is 0 Å². The quantitative estimate of drug-likeness (QED) is 0.553. The van der Waals surface area contributed by atoms with Gasteiger partial charge in [0.1, 0.15) is 0 Å². The first-order valence-corrected chi connectivity index (χ1v) is 7.81. The number of rotatable bonds is 6. The van der Waals surface area contributed by atoms with Crippen LogP contribution in [0.15, 0.2) is 0 Å². The monoisotopic (exact) mass is 298 g/mol. The lowest BCUT2D eigenvalue weighted by Gasteiger charge is -2.30. The maximum Gasteiger partial charge on any atom is 0.315 e. The number of nitrogens with zero attached hydrogens (tertiary/aromatic N) is 1. The lowest BCUT2D eigenvalue weighted by Crippen LogP contribution is -2.53. The van der Waals surface area contributed by atoms with E-state index < -0.39 is 11.5 Å². The first-order valence-electron chi connectivity index (χ1n) is 7.81. The summed E-state index contributed by atoms with van der Waals surface area (Å²) in [7, 11) is 0. The van der Waals surface area contributed by atoms with E-state index in [0.717, 1.165) is 58.4 Å². The van der Waals surface area contributed by atoms with Gasteiger partial charge in [0, 0.05) is 39.3 Å². The third-order valence-electron chi connectivity index (χ3n) is 4.35. The van der Waals surface area contributed by atoms with Gasteiger partial charge in [-0.05, 0) is 12.8 Å². The normalized spacial score (nSPS) is 21.9. The highest BCUT2D eigenvalue weighted by Gasteiger charge is 2.37. The van der Waals surface area contributed by atoms with Gasteiger partial charge in [0.15, 0.2) is 0 Å². The molecule has 21 heavy (non-hydrogen) atoms. The predicted octanol–water partition coefficient (Wildman–Crippen LogP) is -0.0217. The third kappa shape index (κ3) is 5.17. The number of carboxylic acids is 1. The minimum Gasteiger partial charge on any atom is -0.481 e. The van der Waals surface area contributed by atoms with E-state index in [1.54, 1.807) is 0 Å². The SMILES string of the molecule is O=C(O)CC1(NC(=O)NCCN2CCNCC2)CCCC1. The van der Waals surface area contributed by atoms with Gasteiger partial charge in [0.25, 0.3) is 0 Å². The molecule has 0 spiro atoms. The molecule has 0 atom stereocenters. The fourth-order valence-electron chi connectivity index (χ4n) is 3.23. The summed E-state index contributed by atoms with van der Waals surface area (Å²) in [6.07, 6.45) is 3.48. The summed E-state index contributed by atoms with van der Waals surface area (Å²) in [6, 6.07) is -0.242. The van der Waals surface area contributed by atoms with Crippen molar-refractivity contribution in [3.8, 4) is 0 Å². The molecule has 0 unspecified atom stereocenters. The van der Waals surface area contributed by atoms with Crippen molar-refractivity contribution < 1.29 is 14.7 Å². The summed E-state index contributed by atoms with van der Waals surface area (Å²) >= 11 is 0. The van der Waals surface area contributed by atoms with Crippen LogP contribution < -0.4 is 16.0 Å². The summed E-state index contributed by atoms with van der Waals surface area (Å²) in [5.41, 5.74) is -0.551. The fraction of sp³-hybridized carbons (Fsp3) is 0.857. The van der Waals surface area contributed by atoms with Crippen LogP contribution in [0.3, 0.4) is 0 Å². The number of hydrogen-bond acceptors (Lipinski definition) is 4. The summed E-state index contributed by atoms with van der Waals surface area (Å²) in [5, 5.41) is 18.1. The molecule has 4 N–H and O–H groups in total. The molecule has 1 aliphatic heterocycles. The average molecular weight is 298 g/mol. The molecule has 0 radical (unpaired) electrons. The van der Waals surface area contributed by atoms with Gasteiger partial charge in [-0.1, -0.05) is 12.8 Å². The number of piperazine rings is 1. The number of carbonyl (C=O) groups excluding carboxylic acids is 1. The highest BCUT2D eigenvalue weighted by molar-refractivity contribution is 5.76. The zero-order valence-electron chi connectivity index (χ0n) is 12.5. The maximum atomic E-state index is 12.0. The van der Waals surface area contributed by atoms with Crippen LogP contribution in [0.2, 0.25) is 0 Å². The lowest BCUT2D eigenvalue weighted by molar-refractivity contribution is -0.138. The summed E-state index contributed by atoms with van der Waals surface area (Å²) in [4.78, 5) is 25.3. The molecule has 2 amide bonds. The second-order valence-corrected chi connectivity index (χ2v) is 6.03. The van der Waals surface area contributed by atoms with Crippen molar-refractivity contribution in [1.82, 2.24) is 20.9 Å². The van der Waals surface area contributed by atoms with Gasteiger partial charge in [-0.25, -0.2) is 4.79 Å². The van der Waals surface area contributed by atoms with Crippen LogP contribution in [0.25, 0.3) is 0 Å². The van der Waals surface area contributed by atoms with Gasteiger partial charge < -0.3 is 21.1 Å². The molecular weight excluding hydrogens is 272 g/mol. The molecule has 2 fully saturated rings. The van der Waals surface area contributed by atoms with E-state index in [-0.39, 0.29) is 12.5 Å². The molecule has 7 heteroatoms. The van der Waals surface area contributed by atoms with Gasteiger partial charge in [-0.3, -0.25) is 9.69 Å². The highest BCUT2D eigenvalue weighted by atomic mass is 16.4. The van der Waals surface area contributed by atoms with Crippen LogP contribution >= 0.6 is 0 Å². The number of hydrogen-bond donors (Lipinski definition) is 4. The van der Waals surface area contributed by atoms with Crippen LogP contribution in [0.4, 0.5) is 4.79 Å². The van der Waals surface area contributed by atoms with E-state index >= 15 is 0 Å². The second kappa shape index (κ2) is 7.61. The molecule has 1 aliphatic carbocycles. The van der Waals surface area contributed by atoms with Crippen molar-refractivity contribution in [2.75, 3.05) is 39.3 Å². The van der Waals surface area contributed by atoms with Crippen molar-refractivity contribution in [1.29, 1.82) is 0 Å². The van der Waals surface area contributed by atoms with Gasteiger partial charge in [-0.2, -0.15) is 0 Å². The molecule has 120 valence electrons. The van der Waals surface area contributed by atoms with Crippen molar-refractivity contribution in [3.05, 3.63) is 0 Å². The summed E-state index contributed by atoms with van der Waals surface area (Å²) in [6.45, 7) is 5.43. The Kier molecular flexibility index (Phi) is 5.81. The third-order valence-corrected chi connectivity index (χ3v) is 4.35. The highest BCUT2D eigenvalue weighted by Crippen LogP contribution is 2.32. The number of carbonyl (C=O) groups is 2. The number of carboxylic acid groups (broad SMARTS) is 1. The zero-order valence-corrected chi connectivity index (χ0v) is 12.5. The Morgan fingerprint density at radius 3 is 2.48 bits per heavy atom. The molecular formula is C14H26N4O3. The van der Waals surface area contributed by atoms with Crippen LogP contribution in [0.5, 0.6) is 0 Å². The molecule has 1 saturated carbocycles. The van der Waals surface area contributed by atoms with E-state index in [0.29, 0.717) is 6.54 Å². The molecule has 0 aromatic carbocycles. The summed E-state index contributed by atoms with van der Waals surface area (Å²) < 4.78 is 0. The molecule has 0 bridgehead atoms. The van der Waals surface area contributed by atoms with Gasteiger partial charge in [0.05, 0.1) is 12.0 Å². The van der Waals surface area contributed by atoms with Gasteiger partial charge in [-0.15, -0.1) is 0 Å². The average Bonchev–Trinajstić information content (AvgIpc) is 2.87. The molecule has 1 heterocycles. The van der Waals surface area contributed by atoms with Crippen molar-refractivity contribution in [3.63, 3.8) is 0 Å². The minimum absolute atomic E-state index is 0.0121. The first kappa shape index (κ1) is 16.0. The lowest BCUT2D eigenvalue weighted by atomic mass is 9.93. The first-order chi connectivity index (χ1) is 10.1. The van der Waals surface area contributed by atoms with E-state index in [1.807, 2.05) is 0 Å². The number of amides is 2. The molecule has 7 nitrogen and oxygen atoms in total. The Morgan fingerprint density at radius 2 is 1.86 bits per heavy atom. The van der Waals surface area contributed by atoms with E-state index in [9.17, 15) is 9.59 Å². The molecule has 2 aliphatic rings. The van der Waals surface area contributed by atoms with E-state index in [2.05, 4.69) is 20.9 Å². The maximum absolute atomic E-state index is 12.0. The topological polar surface area (TPSA) is 93.7 Å². The fourth-order valence-corrected chi connectivity index (χ4v) is 3.23. The Labute approximate surface area is 125 Å². The number of aliphatic carboxylic acids is 1. The van der Waals surface area contributed by atoms with Gasteiger partial charge >= 0.3 is 12.0 Å². The van der Waals surface area contributed by atoms with Crippen LogP contribution in [0.1, 0.15) is 32.1 Å².